The summed E-state index contributed by atoms with van der Waals surface area (Å²) < 4.78 is 43.8. The molecule has 1 aliphatic rings. The lowest BCUT2D eigenvalue weighted by molar-refractivity contribution is -0.119. The molecule has 4 rings (SSSR count). The highest BCUT2D eigenvalue weighted by molar-refractivity contribution is 6.01. The summed E-state index contributed by atoms with van der Waals surface area (Å²) in [6.07, 6.45) is 1.04. The van der Waals surface area contributed by atoms with E-state index in [1.807, 2.05) is 6.07 Å². The van der Waals surface area contributed by atoms with Gasteiger partial charge >= 0.3 is 0 Å². The van der Waals surface area contributed by atoms with E-state index < -0.39 is 52.8 Å². The van der Waals surface area contributed by atoms with Gasteiger partial charge in [0.05, 0.1) is 30.1 Å². The molecule has 0 saturated heterocycles. The molecule has 2 aromatic carbocycles. The van der Waals surface area contributed by atoms with Crippen molar-refractivity contribution in [1.82, 2.24) is 15.1 Å². The fourth-order valence-corrected chi connectivity index (χ4v) is 4.06. The van der Waals surface area contributed by atoms with Crippen LogP contribution in [-0.4, -0.2) is 27.6 Å². The summed E-state index contributed by atoms with van der Waals surface area (Å²) in [5.74, 6) is -5.27. The van der Waals surface area contributed by atoms with Crippen LogP contribution >= 0.6 is 0 Å². The second-order valence-electron chi connectivity index (χ2n) is 8.28. The number of hydrogen-bond acceptors (Lipinski definition) is 4. The SMILES string of the molecule is C[C@@H]1[C@H](NC(=O)c2nn(Cc3cccc(C#N)c3)cc2F)C(=O)Nc2c(F)cc(F)cc2[C@@H]1C. The Bertz CT molecular complexity index is 1330. The molecule has 2 amide bonds. The molecule has 0 saturated carbocycles. The zero-order valence-electron chi connectivity index (χ0n) is 18.3. The summed E-state index contributed by atoms with van der Waals surface area (Å²) >= 11 is 0. The van der Waals surface area contributed by atoms with Crippen molar-refractivity contribution >= 4 is 17.5 Å². The molecule has 3 aromatic rings. The molecule has 0 aliphatic carbocycles. The number of rotatable bonds is 4. The molecule has 2 N–H and O–H groups in total. The Morgan fingerprint density at radius 3 is 2.71 bits per heavy atom. The summed E-state index contributed by atoms with van der Waals surface area (Å²) in [6.45, 7) is 3.47. The van der Waals surface area contributed by atoms with Gasteiger partial charge in [0, 0.05) is 6.07 Å². The van der Waals surface area contributed by atoms with E-state index in [0.29, 0.717) is 17.2 Å². The van der Waals surface area contributed by atoms with Crippen LogP contribution in [0.3, 0.4) is 0 Å². The molecule has 0 bridgehead atoms. The Hall–Kier alpha value is -4.13. The van der Waals surface area contributed by atoms with Crippen LogP contribution in [0.2, 0.25) is 0 Å². The van der Waals surface area contributed by atoms with Crippen LogP contribution < -0.4 is 10.6 Å². The van der Waals surface area contributed by atoms with Gasteiger partial charge in [-0.2, -0.15) is 10.4 Å². The lowest BCUT2D eigenvalue weighted by Gasteiger charge is -2.25. The van der Waals surface area contributed by atoms with Crippen LogP contribution in [0, 0.1) is 34.7 Å². The third-order valence-electron chi connectivity index (χ3n) is 6.04. The Balaban J connectivity index is 1.55. The number of nitriles is 1. The number of hydrogen-bond donors (Lipinski definition) is 2. The molecule has 2 heterocycles. The Morgan fingerprint density at radius 2 is 1.97 bits per heavy atom. The molecule has 34 heavy (non-hydrogen) atoms. The van der Waals surface area contributed by atoms with E-state index in [1.165, 1.54) is 4.68 Å². The zero-order valence-corrected chi connectivity index (χ0v) is 18.3. The van der Waals surface area contributed by atoms with Crippen molar-refractivity contribution in [2.75, 3.05) is 5.32 Å². The minimum atomic E-state index is -1.14. The number of anilines is 1. The highest BCUT2D eigenvalue weighted by Gasteiger charge is 2.37. The fraction of sp³-hybridized carbons (Fsp3) is 0.250. The van der Waals surface area contributed by atoms with E-state index in [2.05, 4.69) is 15.7 Å². The highest BCUT2D eigenvalue weighted by atomic mass is 19.1. The molecule has 0 spiro atoms. The number of nitrogens with one attached hydrogen (secondary N) is 2. The monoisotopic (exact) mass is 467 g/mol. The number of carbonyl (C=O) groups excluding carboxylic acids is 2. The van der Waals surface area contributed by atoms with Gasteiger partial charge in [-0.1, -0.05) is 26.0 Å². The van der Waals surface area contributed by atoms with Gasteiger partial charge in [0.2, 0.25) is 5.91 Å². The first-order valence-electron chi connectivity index (χ1n) is 10.5. The van der Waals surface area contributed by atoms with Crippen LogP contribution in [0.15, 0.2) is 42.6 Å². The Kier molecular flexibility index (Phi) is 6.11. The molecular weight excluding hydrogens is 447 g/mol. The third kappa shape index (κ3) is 4.37. The van der Waals surface area contributed by atoms with Crippen LogP contribution in [-0.2, 0) is 11.3 Å². The minimum absolute atomic E-state index is 0.122. The number of benzene rings is 2. The van der Waals surface area contributed by atoms with E-state index in [-0.39, 0.29) is 17.8 Å². The molecule has 0 radical (unpaired) electrons. The van der Waals surface area contributed by atoms with E-state index >= 15 is 0 Å². The van der Waals surface area contributed by atoms with Crippen LogP contribution in [0.25, 0.3) is 0 Å². The fourth-order valence-electron chi connectivity index (χ4n) is 4.06. The summed E-state index contributed by atoms with van der Waals surface area (Å²) in [5, 5.41) is 17.9. The first-order chi connectivity index (χ1) is 16.2. The van der Waals surface area contributed by atoms with Gasteiger partial charge in [0.25, 0.3) is 5.91 Å². The lowest BCUT2D eigenvalue weighted by Crippen LogP contribution is -2.48. The van der Waals surface area contributed by atoms with Crippen molar-refractivity contribution in [3.8, 4) is 6.07 Å². The normalized spacial score (nSPS) is 19.5. The average molecular weight is 467 g/mol. The van der Waals surface area contributed by atoms with E-state index in [9.17, 15) is 22.8 Å². The molecular formula is C24H20F3N5O2. The predicted octanol–water partition coefficient (Wildman–Crippen LogP) is 3.71. The van der Waals surface area contributed by atoms with Gasteiger partial charge in [0.15, 0.2) is 11.5 Å². The molecule has 0 unspecified atom stereocenters. The second kappa shape index (κ2) is 9.02. The highest BCUT2D eigenvalue weighted by Crippen LogP contribution is 2.37. The first-order valence-corrected chi connectivity index (χ1v) is 10.5. The molecule has 1 aromatic heterocycles. The van der Waals surface area contributed by atoms with Gasteiger partial charge in [-0.3, -0.25) is 14.3 Å². The molecule has 3 atom stereocenters. The van der Waals surface area contributed by atoms with Crippen LogP contribution in [0.5, 0.6) is 0 Å². The number of carbonyl (C=O) groups is 2. The summed E-state index contributed by atoms with van der Waals surface area (Å²) in [4.78, 5) is 25.6. The van der Waals surface area contributed by atoms with Crippen molar-refractivity contribution < 1.29 is 22.8 Å². The first kappa shape index (κ1) is 23.0. The Labute approximate surface area is 193 Å². The molecule has 7 nitrogen and oxygen atoms in total. The number of fused-ring (bicyclic) bond motifs is 1. The topological polar surface area (TPSA) is 99.8 Å². The second-order valence-corrected chi connectivity index (χ2v) is 8.28. The van der Waals surface area contributed by atoms with Gasteiger partial charge in [0.1, 0.15) is 17.7 Å². The van der Waals surface area contributed by atoms with E-state index in [0.717, 1.165) is 12.3 Å². The third-order valence-corrected chi connectivity index (χ3v) is 6.04. The van der Waals surface area contributed by atoms with Gasteiger partial charge in [-0.05, 0) is 41.2 Å². The standard InChI is InChI=1S/C24H20F3N5O2/c1-12-13(2)20(23(33)30-21-17(12)7-16(25)8-18(21)26)29-24(34)22-19(27)11-32(31-22)10-15-5-3-4-14(6-15)9-28/h3-8,11-13,20H,10H2,1-2H3,(H,29,34)(H,30,33)/t12-,13+,20+/m1/s1. The summed E-state index contributed by atoms with van der Waals surface area (Å²) in [7, 11) is 0. The number of aromatic nitrogens is 2. The van der Waals surface area contributed by atoms with Gasteiger partial charge in [-0.15, -0.1) is 0 Å². The van der Waals surface area contributed by atoms with Crippen molar-refractivity contribution in [3.05, 3.63) is 82.4 Å². The molecule has 174 valence electrons. The van der Waals surface area contributed by atoms with Gasteiger partial charge in [-0.25, -0.2) is 13.2 Å². The van der Waals surface area contributed by atoms with Crippen molar-refractivity contribution in [2.24, 2.45) is 5.92 Å². The molecule has 0 fully saturated rings. The lowest BCUT2D eigenvalue weighted by atomic mass is 9.84. The number of halogens is 3. The van der Waals surface area contributed by atoms with Crippen LogP contribution in [0.4, 0.5) is 18.9 Å². The van der Waals surface area contributed by atoms with Gasteiger partial charge < -0.3 is 10.6 Å². The van der Waals surface area contributed by atoms with Crippen molar-refractivity contribution in [3.63, 3.8) is 0 Å². The van der Waals surface area contributed by atoms with Crippen molar-refractivity contribution in [1.29, 1.82) is 5.26 Å². The maximum Gasteiger partial charge on any atom is 0.275 e. The predicted molar refractivity (Wildman–Crippen MR) is 116 cm³/mol. The Morgan fingerprint density at radius 1 is 1.21 bits per heavy atom. The summed E-state index contributed by atoms with van der Waals surface area (Å²) in [6, 6.07) is 9.35. The van der Waals surface area contributed by atoms with Crippen LogP contribution in [0.1, 0.15) is 46.9 Å². The largest absolute Gasteiger partial charge is 0.338 e. The molecule has 10 heteroatoms. The minimum Gasteiger partial charge on any atom is -0.338 e. The average Bonchev–Trinajstić information content (AvgIpc) is 3.14. The quantitative estimate of drug-likeness (QED) is 0.611. The number of nitrogens with zero attached hydrogens (tertiary/aromatic N) is 3. The zero-order chi connectivity index (χ0) is 24.6. The number of amides is 2. The maximum atomic E-state index is 14.5. The van der Waals surface area contributed by atoms with E-state index in [1.54, 1.807) is 38.1 Å². The van der Waals surface area contributed by atoms with Crippen molar-refractivity contribution in [2.45, 2.75) is 32.4 Å². The smallest absolute Gasteiger partial charge is 0.275 e. The maximum absolute atomic E-state index is 14.5. The summed E-state index contributed by atoms with van der Waals surface area (Å²) in [5.41, 5.74) is 0.736. The molecule has 1 aliphatic heterocycles. The van der Waals surface area contributed by atoms with E-state index in [4.69, 9.17) is 5.26 Å².